The minimum absolute atomic E-state index is 0.00588. The number of carbonyl (C=O) groups is 1. The number of nitrogens with zero attached hydrogens (tertiary/aromatic N) is 2. The summed E-state index contributed by atoms with van der Waals surface area (Å²) >= 11 is 0. The Morgan fingerprint density at radius 3 is 2.68 bits per heavy atom. The third kappa shape index (κ3) is 1.67. The summed E-state index contributed by atoms with van der Waals surface area (Å²) in [7, 11) is 0. The van der Waals surface area contributed by atoms with E-state index in [0.717, 1.165) is 23.4 Å². The van der Waals surface area contributed by atoms with E-state index in [4.69, 9.17) is 0 Å². The molecule has 0 N–H and O–H groups in total. The normalized spacial score (nSPS) is 27.6. The van der Waals surface area contributed by atoms with E-state index in [2.05, 4.69) is 23.8 Å². The second-order valence-electron chi connectivity index (χ2n) is 6.90. The van der Waals surface area contributed by atoms with Gasteiger partial charge in [0.25, 0.3) is 0 Å². The minimum atomic E-state index is -1.01. The summed E-state index contributed by atoms with van der Waals surface area (Å²) in [6.07, 6.45) is 2.64. The number of carboxylic acid groups (broad SMARTS) is 1. The van der Waals surface area contributed by atoms with Crippen molar-refractivity contribution in [2.24, 2.45) is 11.3 Å². The summed E-state index contributed by atoms with van der Waals surface area (Å²) in [5.41, 5.74) is 3.25. The first-order chi connectivity index (χ1) is 10.5. The van der Waals surface area contributed by atoms with Crippen LogP contribution in [0.1, 0.15) is 43.4 Å². The van der Waals surface area contributed by atoms with Gasteiger partial charge in [0.2, 0.25) is 0 Å². The molecule has 0 amide bonds. The van der Waals surface area contributed by atoms with Gasteiger partial charge in [0.1, 0.15) is 0 Å². The molecule has 0 unspecified atom stereocenters. The summed E-state index contributed by atoms with van der Waals surface area (Å²) < 4.78 is 0. The molecule has 3 atom stereocenters. The predicted molar refractivity (Wildman–Crippen MR) is 79.8 cm³/mol. The molecular weight excluding hydrogens is 276 g/mol. The van der Waals surface area contributed by atoms with Crippen molar-refractivity contribution in [3.05, 3.63) is 47.8 Å². The van der Waals surface area contributed by atoms with E-state index in [1.54, 1.807) is 6.20 Å². The number of pyridine rings is 2. The second kappa shape index (κ2) is 4.38. The number of hydrogen-bond acceptors (Lipinski definition) is 4. The molecule has 4 nitrogen and oxygen atoms in total. The first-order valence-electron chi connectivity index (χ1n) is 7.63. The van der Waals surface area contributed by atoms with Gasteiger partial charge in [-0.3, -0.25) is 9.97 Å². The third-order valence-corrected chi connectivity index (χ3v) is 5.55. The fraction of sp³-hybridized carbons (Fsp3) is 0.389. The third-order valence-electron chi connectivity index (χ3n) is 5.55. The Labute approximate surface area is 129 Å². The molecule has 0 aliphatic heterocycles. The van der Waals surface area contributed by atoms with Crippen LogP contribution < -0.4 is 5.11 Å². The molecule has 2 bridgehead atoms. The van der Waals surface area contributed by atoms with E-state index in [9.17, 15) is 9.90 Å². The van der Waals surface area contributed by atoms with Crippen LogP contribution in [0.2, 0.25) is 0 Å². The van der Waals surface area contributed by atoms with Gasteiger partial charge < -0.3 is 9.90 Å². The van der Waals surface area contributed by atoms with Crippen LogP contribution in [-0.2, 0) is 4.79 Å². The molecular formula is C18H17N2O2-. The zero-order chi connectivity index (χ0) is 15.5. The number of rotatable bonds is 2. The molecule has 22 heavy (non-hydrogen) atoms. The molecule has 0 saturated heterocycles. The fourth-order valence-electron chi connectivity index (χ4n) is 4.21. The number of aliphatic carboxylic acids is 1. The maximum atomic E-state index is 11.7. The summed E-state index contributed by atoms with van der Waals surface area (Å²) in [5, 5.41) is 11.7. The van der Waals surface area contributed by atoms with Crippen LogP contribution in [0.5, 0.6) is 0 Å². The Morgan fingerprint density at radius 2 is 2.05 bits per heavy atom. The monoisotopic (exact) mass is 293 g/mol. The number of carboxylic acids is 1. The lowest BCUT2D eigenvalue weighted by molar-refractivity contribution is -0.312. The van der Waals surface area contributed by atoms with Gasteiger partial charge in [0, 0.05) is 12.1 Å². The molecule has 1 saturated carbocycles. The molecule has 3 aliphatic rings. The van der Waals surface area contributed by atoms with Gasteiger partial charge in [-0.05, 0) is 47.4 Å². The summed E-state index contributed by atoms with van der Waals surface area (Å²) in [6, 6.07) is 9.62. The molecule has 1 fully saturated rings. The molecule has 0 aromatic carbocycles. The van der Waals surface area contributed by atoms with Crippen LogP contribution in [0, 0.1) is 11.3 Å². The molecule has 112 valence electrons. The number of carbonyl (C=O) groups excluding carboxylic acids is 1. The van der Waals surface area contributed by atoms with Gasteiger partial charge in [0.15, 0.2) is 0 Å². The average Bonchev–Trinajstić information content (AvgIpc) is 2.53. The first kappa shape index (κ1) is 13.4. The van der Waals surface area contributed by atoms with Crippen molar-refractivity contribution >= 4 is 5.97 Å². The highest BCUT2D eigenvalue weighted by molar-refractivity contribution is 5.77. The molecule has 2 aromatic heterocycles. The van der Waals surface area contributed by atoms with Crippen molar-refractivity contribution in [3.8, 4) is 11.4 Å². The molecule has 3 aliphatic carbocycles. The summed E-state index contributed by atoms with van der Waals surface area (Å²) in [6.45, 7) is 4.30. The number of hydrogen-bond donors (Lipinski definition) is 0. The highest BCUT2D eigenvalue weighted by Crippen LogP contribution is 2.66. The van der Waals surface area contributed by atoms with E-state index >= 15 is 0 Å². The standard InChI is InChI=1S/C18H18N2O2/c1-18(2)11-9-12(18)15(17(21)22)16-10(11)6-7-14(20-16)13-5-3-4-8-19-13/h3-8,11-12,15H,9H2,1-2H3,(H,21,22)/p-1/t11-,12+,15-/m1/s1. The lowest BCUT2D eigenvalue weighted by Gasteiger charge is -2.60. The molecule has 2 aromatic rings. The van der Waals surface area contributed by atoms with Crippen molar-refractivity contribution in [1.29, 1.82) is 0 Å². The smallest absolute Gasteiger partial charge is 0.0889 e. The van der Waals surface area contributed by atoms with Crippen molar-refractivity contribution in [2.75, 3.05) is 0 Å². The fourth-order valence-corrected chi connectivity index (χ4v) is 4.21. The maximum absolute atomic E-state index is 11.7. The van der Waals surface area contributed by atoms with E-state index in [-0.39, 0.29) is 11.3 Å². The van der Waals surface area contributed by atoms with Gasteiger partial charge in [0.05, 0.1) is 23.1 Å². The average molecular weight is 293 g/mol. The van der Waals surface area contributed by atoms with Crippen LogP contribution in [0.4, 0.5) is 0 Å². The van der Waals surface area contributed by atoms with Gasteiger partial charge >= 0.3 is 0 Å². The lowest BCUT2D eigenvalue weighted by Crippen LogP contribution is -2.54. The molecule has 0 spiro atoms. The van der Waals surface area contributed by atoms with E-state index in [1.165, 1.54) is 0 Å². The van der Waals surface area contributed by atoms with Crippen LogP contribution in [0.15, 0.2) is 36.5 Å². The van der Waals surface area contributed by atoms with Crippen molar-refractivity contribution in [3.63, 3.8) is 0 Å². The molecule has 4 heteroatoms. The highest BCUT2D eigenvalue weighted by Gasteiger charge is 2.57. The lowest BCUT2D eigenvalue weighted by atomic mass is 9.45. The second-order valence-corrected chi connectivity index (χ2v) is 6.90. The first-order valence-corrected chi connectivity index (χ1v) is 7.63. The van der Waals surface area contributed by atoms with Gasteiger partial charge in [-0.15, -0.1) is 0 Å². The van der Waals surface area contributed by atoms with E-state index in [1.807, 2.05) is 30.3 Å². The SMILES string of the molecule is CC1(C)[C@@H]2C[C@H]1[C@@H](C(=O)[O-])c1nc(-c3ccccn3)ccc12. The van der Waals surface area contributed by atoms with E-state index in [0.29, 0.717) is 11.6 Å². The highest BCUT2D eigenvalue weighted by atomic mass is 16.4. The van der Waals surface area contributed by atoms with Gasteiger partial charge in [-0.2, -0.15) is 0 Å². The predicted octanol–water partition coefficient (Wildman–Crippen LogP) is 2.12. The Hall–Kier alpha value is -2.23. The van der Waals surface area contributed by atoms with E-state index < -0.39 is 11.9 Å². The number of aromatic nitrogens is 2. The maximum Gasteiger partial charge on any atom is 0.0889 e. The van der Waals surface area contributed by atoms with Crippen molar-refractivity contribution in [2.45, 2.75) is 32.1 Å². The van der Waals surface area contributed by atoms with Crippen LogP contribution in [0.25, 0.3) is 11.4 Å². The zero-order valence-corrected chi connectivity index (χ0v) is 12.6. The van der Waals surface area contributed by atoms with Crippen molar-refractivity contribution in [1.82, 2.24) is 9.97 Å². The van der Waals surface area contributed by atoms with Gasteiger partial charge in [-0.1, -0.05) is 26.0 Å². The Morgan fingerprint density at radius 1 is 1.23 bits per heavy atom. The largest absolute Gasteiger partial charge is 0.549 e. The Kier molecular flexibility index (Phi) is 2.68. The topological polar surface area (TPSA) is 65.9 Å². The van der Waals surface area contributed by atoms with Crippen LogP contribution in [0.3, 0.4) is 0 Å². The summed E-state index contributed by atoms with van der Waals surface area (Å²) in [5.74, 6) is -1.11. The minimum Gasteiger partial charge on any atom is -0.549 e. The van der Waals surface area contributed by atoms with Crippen LogP contribution >= 0.6 is 0 Å². The Bertz CT molecular complexity index is 755. The van der Waals surface area contributed by atoms with Crippen LogP contribution in [-0.4, -0.2) is 15.9 Å². The molecule has 2 heterocycles. The van der Waals surface area contributed by atoms with Gasteiger partial charge in [-0.25, -0.2) is 0 Å². The zero-order valence-electron chi connectivity index (χ0n) is 12.6. The Balaban J connectivity index is 1.87. The molecule has 0 radical (unpaired) electrons. The molecule has 5 rings (SSSR count). The quantitative estimate of drug-likeness (QED) is 0.850. The van der Waals surface area contributed by atoms with Crippen molar-refractivity contribution < 1.29 is 9.90 Å². The summed E-state index contributed by atoms with van der Waals surface area (Å²) in [4.78, 5) is 20.7.